The molecular formula is C15H13ClFN3O. The molecule has 0 amide bonds. The highest BCUT2D eigenvalue weighted by Gasteiger charge is 2.39. The van der Waals surface area contributed by atoms with E-state index in [1.165, 1.54) is 4.68 Å². The molecule has 0 unspecified atom stereocenters. The van der Waals surface area contributed by atoms with E-state index in [9.17, 15) is 9.18 Å². The van der Waals surface area contributed by atoms with Crippen LogP contribution in [0, 0.1) is 5.92 Å². The van der Waals surface area contributed by atoms with Crippen LogP contribution in [-0.4, -0.2) is 20.5 Å². The molecule has 2 heterocycles. The van der Waals surface area contributed by atoms with Crippen LogP contribution in [-0.2, 0) is 0 Å². The summed E-state index contributed by atoms with van der Waals surface area (Å²) in [6, 6.07) is 7.03. The van der Waals surface area contributed by atoms with Crippen LogP contribution in [0.15, 0.2) is 24.3 Å². The molecule has 1 aliphatic carbocycles. The van der Waals surface area contributed by atoms with Crippen molar-refractivity contribution in [2.75, 3.05) is 0 Å². The van der Waals surface area contributed by atoms with Crippen molar-refractivity contribution in [1.29, 1.82) is 0 Å². The van der Waals surface area contributed by atoms with E-state index in [1.54, 1.807) is 6.07 Å². The molecular weight excluding hydrogens is 293 g/mol. The van der Waals surface area contributed by atoms with E-state index >= 15 is 0 Å². The number of hydrogen-bond acceptors (Lipinski definition) is 3. The maximum atomic E-state index is 14.2. The lowest BCUT2D eigenvalue weighted by atomic mass is 10.0. The summed E-state index contributed by atoms with van der Waals surface area (Å²) < 4.78 is 15.7. The van der Waals surface area contributed by atoms with Crippen LogP contribution in [0.1, 0.15) is 53.5 Å². The van der Waals surface area contributed by atoms with Gasteiger partial charge in [0.05, 0.1) is 6.04 Å². The highest BCUT2D eigenvalue weighted by molar-refractivity contribution is 6.31. The van der Waals surface area contributed by atoms with Crippen LogP contribution in [0.25, 0.3) is 0 Å². The van der Waals surface area contributed by atoms with Gasteiger partial charge in [-0.1, -0.05) is 29.8 Å². The third kappa shape index (κ3) is 2.07. The average molecular weight is 306 g/mol. The molecule has 21 heavy (non-hydrogen) atoms. The quantitative estimate of drug-likeness (QED) is 0.815. The number of rotatable bonds is 3. The Kier molecular flexibility index (Phi) is 2.85. The molecule has 1 aliphatic heterocycles. The molecule has 0 bridgehead atoms. The van der Waals surface area contributed by atoms with Crippen molar-refractivity contribution >= 4 is 17.4 Å². The van der Waals surface area contributed by atoms with Gasteiger partial charge in [-0.25, -0.2) is 14.1 Å². The van der Waals surface area contributed by atoms with Gasteiger partial charge in [0, 0.05) is 17.4 Å². The van der Waals surface area contributed by atoms with Gasteiger partial charge in [0.1, 0.15) is 0 Å². The van der Waals surface area contributed by atoms with Crippen LogP contribution in [0.2, 0.25) is 5.02 Å². The predicted octanol–water partition coefficient (Wildman–Crippen LogP) is 3.53. The lowest BCUT2D eigenvalue weighted by Gasteiger charge is -2.13. The largest absolute Gasteiger partial charge is 0.290 e. The van der Waals surface area contributed by atoms with Crippen LogP contribution >= 0.6 is 11.6 Å². The highest BCUT2D eigenvalue weighted by Crippen LogP contribution is 2.42. The average Bonchev–Trinajstić information content (AvgIpc) is 3.15. The van der Waals surface area contributed by atoms with Crippen LogP contribution in [0.5, 0.6) is 0 Å². The zero-order valence-electron chi connectivity index (χ0n) is 11.2. The first-order chi connectivity index (χ1) is 10.1. The first-order valence-electron chi connectivity index (χ1n) is 7.04. The minimum atomic E-state index is -1.21. The van der Waals surface area contributed by atoms with Gasteiger partial charge in [-0.2, -0.15) is 0 Å². The standard InChI is InChI=1S/C15H13ClFN3O/c16-10-4-2-1-3-9(10)12-7-11(17)15-18-14(19-20(12)15)13(21)8-5-6-8/h1-4,8,11-12H,5-7H2/t11-,12-/m0/s1. The van der Waals surface area contributed by atoms with Gasteiger partial charge >= 0.3 is 0 Å². The molecule has 108 valence electrons. The smallest absolute Gasteiger partial charge is 0.217 e. The minimum Gasteiger partial charge on any atom is -0.290 e. The number of benzene rings is 1. The number of halogens is 2. The lowest BCUT2D eigenvalue weighted by molar-refractivity contribution is 0.0956. The topological polar surface area (TPSA) is 47.8 Å². The maximum absolute atomic E-state index is 14.2. The summed E-state index contributed by atoms with van der Waals surface area (Å²) in [4.78, 5) is 16.2. The van der Waals surface area contributed by atoms with E-state index < -0.39 is 6.17 Å². The SMILES string of the molecule is O=C(c1nc2n(n1)[C@H](c1ccccc1Cl)C[C@@H]2F)C1CC1. The molecule has 2 aromatic rings. The van der Waals surface area contributed by atoms with Crippen molar-refractivity contribution in [3.8, 4) is 0 Å². The summed E-state index contributed by atoms with van der Waals surface area (Å²) in [6.07, 6.45) is 0.821. The van der Waals surface area contributed by atoms with Gasteiger partial charge in [-0.05, 0) is 24.5 Å². The third-order valence-corrected chi connectivity index (χ3v) is 4.44. The number of carbonyl (C=O) groups excluding carboxylic acids is 1. The predicted molar refractivity (Wildman–Crippen MR) is 75.1 cm³/mol. The molecule has 4 nitrogen and oxygen atoms in total. The Morgan fingerprint density at radius 3 is 2.81 bits per heavy atom. The zero-order valence-corrected chi connectivity index (χ0v) is 11.9. The summed E-state index contributed by atoms with van der Waals surface area (Å²) >= 11 is 6.20. The second kappa shape index (κ2) is 4.63. The van der Waals surface area contributed by atoms with Crippen molar-refractivity contribution in [2.45, 2.75) is 31.5 Å². The molecule has 1 saturated carbocycles. The monoisotopic (exact) mass is 305 g/mol. The number of ketones is 1. The first kappa shape index (κ1) is 13.0. The Balaban J connectivity index is 1.75. The summed E-state index contributed by atoms with van der Waals surface area (Å²) in [5, 5.41) is 4.84. The summed E-state index contributed by atoms with van der Waals surface area (Å²) in [6.45, 7) is 0. The van der Waals surface area contributed by atoms with Crippen molar-refractivity contribution in [3.05, 3.63) is 46.5 Å². The van der Waals surface area contributed by atoms with Gasteiger partial charge in [-0.3, -0.25) is 4.79 Å². The van der Waals surface area contributed by atoms with E-state index in [0.29, 0.717) is 5.02 Å². The molecule has 1 fully saturated rings. The Morgan fingerprint density at radius 2 is 2.10 bits per heavy atom. The number of carbonyl (C=O) groups is 1. The van der Waals surface area contributed by atoms with Crippen LogP contribution in [0.3, 0.4) is 0 Å². The molecule has 0 N–H and O–H groups in total. The maximum Gasteiger partial charge on any atom is 0.217 e. The molecule has 6 heteroatoms. The molecule has 0 saturated heterocycles. The molecule has 2 atom stereocenters. The summed E-state index contributed by atoms with van der Waals surface area (Å²) in [5.74, 6) is 0.350. The zero-order chi connectivity index (χ0) is 14.6. The fraction of sp³-hybridized carbons (Fsp3) is 0.400. The Morgan fingerprint density at radius 1 is 1.33 bits per heavy atom. The normalized spacial score (nSPS) is 24.1. The fourth-order valence-electron chi connectivity index (χ4n) is 2.82. The molecule has 0 radical (unpaired) electrons. The van der Waals surface area contributed by atoms with Crippen molar-refractivity contribution < 1.29 is 9.18 Å². The third-order valence-electron chi connectivity index (χ3n) is 4.10. The molecule has 1 aromatic heterocycles. The summed E-state index contributed by atoms with van der Waals surface area (Å²) in [7, 11) is 0. The van der Waals surface area contributed by atoms with Crippen LogP contribution < -0.4 is 0 Å². The lowest BCUT2D eigenvalue weighted by Crippen LogP contribution is -2.11. The Bertz CT molecular complexity index is 725. The Labute approximate surface area is 125 Å². The van der Waals surface area contributed by atoms with E-state index in [0.717, 1.165) is 18.4 Å². The molecule has 4 rings (SSSR count). The number of Topliss-reactive ketones (excluding diaryl/α,β-unsaturated/α-hetero) is 1. The van der Waals surface area contributed by atoms with E-state index in [1.807, 2.05) is 18.2 Å². The fourth-order valence-corrected chi connectivity index (χ4v) is 3.08. The molecule has 1 aromatic carbocycles. The van der Waals surface area contributed by atoms with Gasteiger partial charge in [0.15, 0.2) is 12.0 Å². The minimum absolute atomic E-state index is 0.0324. The highest BCUT2D eigenvalue weighted by atomic mass is 35.5. The van der Waals surface area contributed by atoms with Crippen LogP contribution in [0.4, 0.5) is 4.39 Å². The van der Waals surface area contributed by atoms with E-state index in [4.69, 9.17) is 11.6 Å². The number of aromatic nitrogens is 3. The van der Waals surface area contributed by atoms with Gasteiger partial charge < -0.3 is 0 Å². The number of alkyl halides is 1. The van der Waals surface area contributed by atoms with Gasteiger partial charge in [0.2, 0.25) is 11.6 Å². The first-order valence-corrected chi connectivity index (χ1v) is 7.42. The molecule has 0 spiro atoms. The van der Waals surface area contributed by atoms with E-state index in [-0.39, 0.29) is 35.8 Å². The van der Waals surface area contributed by atoms with Crippen molar-refractivity contribution in [3.63, 3.8) is 0 Å². The number of nitrogens with zero attached hydrogens (tertiary/aromatic N) is 3. The van der Waals surface area contributed by atoms with E-state index in [2.05, 4.69) is 10.1 Å². The van der Waals surface area contributed by atoms with Crippen molar-refractivity contribution in [2.24, 2.45) is 5.92 Å². The number of hydrogen-bond donors (Lipinski definition) is 0. The second-order valence-corrected chi connectivity index (χ2v) is 6.02. The number of fused-ring (bicyclic) bond motifs is 1. The molecule has 2 aliphatic rings. The van der Waals surface area contributed by atoms with Gasteiger partial charge in [0.25, 0.3) is 0 Å². The Hall–Kier alpha value is -1.75. The second-order valence-electron chi connectivity index (χ2n) is 5.62. The van der Waals surface area contributed by atoms with Crippen molar-refractivity contribution in [1.82, 2.24) is 14.8 Å². The summed E-state index contributed by atoms with van der Waals surface area (Å²) in [5.41, 5.74) is 0.816. The van der Waals surface area contributed by atoms with Gasteiger partial charge in [-0.15, -0.1) is 5.10 Å².